The maximum Gasteiger partial charge on any atom is 0.265 e. The van der Waals surface area contributed by atoms with Gasteiger partial charge in [0.2, 0.25) is 0 Å². The minimum absolute atomic E-state index is 0.155. The van der Waals surface area contributed by atoms with E-state index in [-0.39, 0.29) is 16.4 Å². The van der Waals surface area contributed by atoms with Crippen molar-refractivity contribution in [1.29, 1.82) is 5.26 Å². The minimum Gasteiger partial charge on any atom is -0.263 e. The Hall–Kier alpha value is -1.98. The molecule has 2 aromatic rings. The van der Waals surface area contributed by atoms with Gasteiger partial charge in [-0.15, -0.1) is 0 Å². The third-order valence-electron chi connectivity index (χ3n) is 2.12. The fourth-order valence-electron chi connectivity index (χ4n) is 1.35. The van der Waals surface area contributed by atoms with E-state index in [1.807, 2.05) is 0 Å². The third-order valence-corrected chi connectivity index (χ3v) is 3.95. The van der Waals surface area contributed by atoms with Gasteiger partial charge in [-0.3, -0.25) is 4.72 Å². The molecule has 0 amide bonds. The fourth-order valence-corrected chi connectivity index (χ4v) is 2.80. The average Bonchev–Trinajstić information content (AvgIpc) is 2.38. The first kappa shape index (κ1) is 13.5. The molecule has 6 nitrogen and oxygen atoms in total. The number of pyridine rings is 2. The van der Waals surface area contributed by atoms with Crippen molar-refractivity contribution in [3.63, 3.8) is 0 Å². The molecular formula is C11H7BrN4O2S. The first-order valence-corrected chi connectivity index (χ1v) is 7.31. The molecule has 0 aliphatic carbocycles. The molecule has 0 bridgehead atoms. The lowest BCUT2D eigenvalue weighted by molar-refractivity contribution is 0.600. The lowest BCUT2D eigenvalue weighted by Gasteiger charge is -2.07. The van der Waals surface area contributed by atoms with Crippen molar-refractivity contribution in [2.24, 2.45) is 0 Å². The molecule has 0 saturated heterocycles. The second-order valence-corrected chi connectivity index (χ2v) is 5.88. The zero-order valence-electron chi connectivity index (χ0n) is 9.41. The Morgan fingerprint density at radius 3 is 2.74 bits per heavy atom. The molecule has 8 heteroatoms. The topological polar surface area (TPSA) is 95.7 Å². The highest BCUT2D eigenvalue weighted by Crippen LogP contribution is 2.17. The summed E-state index contributed by atoms with van der Waals surface area (Å²) in [6.45, 7) is 0. The van der Waals surface area contributed by atoms with Crippen molar-refractivity contribution in [2.75, 3.05) is 4.72 Å². The maximum atomic E-state index is 12.1. The molecule has 19 heavy (non-hydrogen) atoms. The van der Waals surface area contributed by atoms with Gasteiger partial charge in [0, 0.05) is 6.20 Å². The standard InChI is InChI=1S/C11H7BrN4O2S/c12-10-4-1-5-11(15-10)16-19(17,18)9-3-2-6-14-8(9)7-13/h1-6H,(H,15,16). The largest absolute Gasteiger partial charge is 0.265 e. The Morgan fingerprint density at radius 2 is 2.05 bits per heavy atom. The van der Waals surface area contributed by atoms with E-state index in [9.17, 15) is 8.42 Å². The highest BCUT2D eigenvalue weighted by molar-refractivity contribution is 9.10. The van der Waals surface area contributed by atoms with Crippen molar-refractivity contribution in [2.45, 2.75) is 4.90 Å². The van der Waals surface area contributed by atoms with Crippen LogP contribution in [0.1, 0.15) is 5.69 Å². The molecule has 0 radical (unpaired) electrons. The summed E-state index contributed by atoms with van der Waals surface area (Å²) in [5, 5.41) is 8.86. The molecule has 2 aromatic heterocycles. The molecule has 0 aliphatic heterocycles. The van der Waals surface area contributed by atoms with Crippen LogP contribution >= 0.6 is 15.9 Å². The summed E-state index contributed by atoms with van der Waals surface area (Å²) in [5.74, 6) is 0.155. The Balaban J connectivity index is 2.41. The van der Waals surface area contributed by atoms with E-state index in [2.05, 4.69) is 30.6 Å². The van der Waals surface area contributed by atoms with Gasteiger partial charge in [-0.25, -0.2) is 18.4 Å². The monoisotopic (exact) mass is 338 g/mol. The number of nitrogens with zero attached hydrogens (tertiary/aromatic N) is 3. The van der Waals surface area contributed by atoms with Crippen LogP contribution in [0.3, 0.4) is 0 Å². The molecule has 1 N–H and O–H groups in total. The van der Waals surface area contributed by atoms with Crippen LogP contribution in [0.15, 0.2) is 46.0 Å². The number of hydrogen-bond donors (Lipinski definition) is 1. The second-order valence-electron chi connectivity index (χ2n) is 3.41. The number of hydrogen-bond acceptors (Lipinski definition) is 5. The Kier molecular flexibility index (Phi) is 3.78. The predicted molar refractivity (Wildman–Crippen MR) is 71.7 cm³/mol. The summed E-state index contributed by atoms with van der Waals surface area (Å²) in [5.41, 5.74) is -0.162. The highest BCUT2D eigenvalue weighted by Gasteiger charge is 2.19. The maximum absolute atomic E-state index is 12.1. The molecule has 0 spiro atoms. The summed E-state index contributed by atoms with van der Waals surface area (Å²) >= 11 is 3.14. The lowest BCUT2D eigenvalue weighted by atomic mass is 10.4. The van der Waals surface area contributed by atoms with Crippen molar-refractivity contribution in [3.8, 4) is 6.07 Å². The van der Waals surface area contributed by atoms with Gasteiger partial charge < -0.3 is 0 Å². The van der Waals surface area contributed by atoms with Gasteiger partial charge in [-0.05, 0) is 40.2 Å². The number of rotatable bonds is 3. The Bertz CT molecular complexity index is 755. The van der Waals surface area contributed by atoms with Crippen molar-refractivity contribution < 1.29 is 8.42 Å². The van der Waals surface area contributed by atoms with Crippen LogP contribution in [0.2, 0.25) is 0 Å². The third kappa shape index (κ3) is 3.07. The molecule has 0 atom stereocenters. The molecule has 0 fully saturated rings. The fraction of sp³-hybridized carbons (Fsp3) is 0. The molecule has 0 aromatic carbocycles. The Morgan fingerprint density at radius 1 is 1.26 bits per heavy atom. The second kappa shape index (κ2) is 5.34. The van der Waals surface area contributed by atoms with Gasteiger partial charge in [-0.1, -0.05) is 6.07 Å². The zero-order valence-corrected chi connectivity index (χ0v) is 11.8. The van der Waals surface area contributed by atoms with E-state index >= 15 is 0 Å². The molecule has 0 aliphatic rings. The molecule has 2 rings (SSSR count). The summed E-state index contributed by atoms with van der Waals surface area (Å²) in [4.78, 5) is 7.49. The number of sulfonamides is 1. The van der Waals surface area contributed by atoms with Gasteiger partial charge in [0.05, 0.1) is 0 Å². The SMILES string of the molecule is N#Cc1ncccc1S(=O)(=O)Nc1cccc(Br)n1. The first-order chi connectivity index (χ1) is 9.03. The van der Waals surface area contributed by atoms with Crippen molar-refractivity contribution in [3.05, 3.63) is 46.8 Å². The molecule has 2 heterocycles. The summed E-state index contributed by atoms with van der Waals surface area (Å²) < 4.78 is 27.1. The van der Waals surface area contributed by atoms with E-state index in [1.165, 1.54) is 24.4 Å². The molecule has 96 valence electrons. The smallest absolute Gasteiger partial charge is 0.263 e. The van der Waals surface area contributed by atoms with Crippen LogP contribution in [-0.2, 0) is 10.0 Å². The summed E-state index contributed by atoms with van der Waals surface area (Å²) in [7, 11) is -3.89. The molecule has 0 saturated carbocycles. The summed E-state index contributed by atoms with van der Waals surface area (Å²) in [6.07, 6.45) is 1.36. The number of nitrogens with one attached hydrogen (secondary N) is 1. The van der Waals surface area contributed by atoms with E-state index in [0.717, 1.165) is 0 Å². The van der Waals surface area contributed by atoms with Gasteiger partial charge in [0.1, 0.15) is 21.4 Å². The minimum atomic E-state index is -3.89. The van der Waals surface area contributed by atoms with E-state index in [4.69, 9.17) is 5.26 Å². The lowest BCUT2D eigenvalue weighted by Crippen LogP contribution is -2.15. The van der Waals surface area contributed by atoms with E-state index in [0.29, 0.717) is 4.60 Å². The van der Waals surface area contributed by atoms with Crippen molar-refractivity contribution in [1.82, 2.24) is 9.97 Å². The highest BCUT2D eigenvalue weighted by atomic mass is 79.9. The summed E-state index contributed by atoms with van der Waals surface area (Å²) in [6, 6.07) is 9.31. The normalized spacial score (nSPS) is 10.7. The number of halogens is 1. The van der Waals surface area contributed by atoms with Gasteiger partial charge in [0.25, 0.3) is 10.0 Å². The quantitative estimate of drug-likeness (QED) is 0.862. The number of aromatic nitrogens is 2. The van der Waals surface area contributed by atoms with Crippen LogP contribution in [0, 0.1) is 11.3 Å². The van der Waals surface area contributed by atoms with E-state index < -0.39 is 10.0 Å². The molecule has 0 unspecified atom stereocenters. The number of nitriles is 1. The average molecular weight is 339 g/mol. The van der Waals surface area contributed by atoms with Crippen LogP contribution in [0.25, 0.3) is 0 Å². The van der Waals surface area contributed by atoms with Crippen LogP contribution < -0.4 is 4.72 Å². The van der Waals surface area contributed by atoms with E-state index in [1.54, 1.807) is 18.2 Å². The number of anilines is 1. The van der Waals surface area contributed by atoms with Gasteiger partial charge >= 0.3 is 0 Å². The predicted octanol–water partition coefficient (Wildman–Crippen LogP) is 1.91. The van der Waals surface area contributed by atoms with Gasteiger partial charge in [-0.2, -0.15) is 5.26 Å². The first-order valence-electron chi connectivity index (χ1n) is 5.03. The van der Waals surface area contributed by atoms with Crippen LogP contribution in [-0.4, -0.2) is 18.4 Å². The van der Waals surface area contributed by atoms with Crippen LogP contribution in [0.4, 0.5) is 5.82 Å². The zero-order chi connectivity index (χ0) is 13.9. The molecular weight excluding hydrogens is 332 g/mol. The Labute approximate surface area is 118 Å². The van der Waals surface area contributed by atoms with Gasteiger partial charge in [0.15, 0.2) is 5.69 Å². The van der Waals surface area contributed by atoms with Crippen LogP contribution in [0.5, 0.6) is 0 Å². The van der Waals surface area contributed by atoms with Crippen molar-refractivity contribution >= 4 is 31.8 Å².